The van der Waals surface area contributed by atoms with Gasteiger partial charge in [-0.05, 0) is 49.0 Å². The maximum absolute atomic E-state index is 13.0. The zero-order chi connectivity index (χ0) is 25.1. The average Bonchev–Trinajstić information content (AvgIpc) is 3.20. The van der Waals surface area contributed by atoms with Crippen LogP contribution in [0.1, 0.15) is 11.1 Å². The first-order valence-corrected chi connectivity index (χ1v) is 12.3. The molecule has 184 valence electrons. The Labute approximate surface area is 215 Å². The van der Waals surface area contributed by atoms with Crippen LogP contribution in [0, 0.1) is 0 Å². The molecule has 36 heavy (non-hydrogen) atoms. The third kappa shape index (κ3) is 5.44. The molecule has 7 nitrogen and oxygen atoms in total. The summed E-state index contributed by atoms with van der Waals surface area (Å²) < 4.78 is 0. The van der Waals surface area contributed by atoms with Gasteiger partial charge >= 0.3 is 0 Å². The second-order valence-electron chi connectivity index (χ2n) is 9.09. The van der Waals surface area contributed by atoms with Gasteiger partial charge < -0.3 is 20.9 Å². The van der Waals surface area contributed by atoms with Crippen LogP contribution in [-0.2, 0) is 9.59 Å². The molecule has 1 fully saturated rings. The molecule has 1 saturated heterocycles. The smallest absolute Gasteiger partial charge is 0.258 e. The summed E-state index contributed by atoms with van der Waals surface area (Å²) >= 11 is 6.14. The predicted molar refractivity (Wildman–Crippen MR) is 146 cm³/mol. The fraction of sp³-hybridized carbons (Fsp3) is 0.214. The number of nitrogens with zero attached hydrogens (tertiary/aromatic N) is 2. The summed E-state index contributed by atoms with van der Waals surface area (Å²) in [6, 6.07) is 22.6. The minimum absolute atomic E-state index is 0.0229. The van der Waals surface area contributed by atoms with Gasteiger partial charge in [-0.15, -0.1) is 0 Å². The monoisotopic (exact) mass is 501 g/mol. The molecule has 0 atom stereocenters. The number of amides is 2. The van der Waals surface area contributed by atoms with Gasteiger partial charge in [0.2, 0.25) is 5.91 Å². The Morgan fingerprint density at radius 3 is 2.28 bits per heavy atom. The molecule has 0 unspecified atom stereocenters. The number of carbonyl (C=O) groups is 2. The Kier molecular flexibility index (Phi) is 7.04. The van der Waals surface area contributed by atoms with Crippen molar-refractivity contribution in [2.45, 2.75) is 0 Å². The van der Waals surface area contributed by atoms with Crippen molar-refractivity contribution in [3.05, 3.63) is 88.9 Å². The summed E-state index contributed by atoms with van der Waals surface area (Å²) in [5, 5.41) is 9.90. The van der Waals surface area contributed by atoms with Crippen molar-refractivity contribution in [1.29, 1.82) is 0 Å². The quantitative estimate of drug-likeness (QED) is 0.435. The predicted octanol–water partition coefficient (Wildman–Crippen LogP) is 4.46. The van der Waals surface area contributed by atoms with Gasteiger partial charge in [-0.25, -0.2) is 0 Å². The lowest BCUT2D eigenvalue weighted by molar-refractivity contribution is -0.117. The van der Waals surface area contributed by atoms with Crippen LogP contribution in [0.25, 0.3) is 11.3 Å². The van der Waals surface area contributed by atoms with Crippen LogP contribution in [0.5, 0.6) is 0 Å². The lowest BCUT2D eigenvalue weighted by Crippen LogP contribution is -2.47. The summed E-state index contributed by atoms with van der Waals surface area (Å²) in [7, 11) is 2.10. The van der Waals surface area contributed by atoms with Gasteiger partial charge in [0.25, 0.3) is 5.91 Å². The molecule has 0 bridgehead atoms. The van der Waals surface area contributed by atoms with Crippen molar-refractivity contribution in [3.63, 3.8) is 0 Å². The molecule has 0 saturated carbocycles. The highest BCUT2D eigenvalue weighted by Crippen LogP contribution is 2.38. The van der Waals surface area contributed by atoms with Gasteiger partial charge in [0.05, 0.1) is 23.5 Å². The molecule has 2 aliphatic heterocycles. The summed E-state index contributed by atoms with van der Waals surface area (Å²) in [5.41, 5.74) is 5.15. The van der Waals surface area contributed by atoms with Gasteiger partial charge in [-0.1, -0.05) is 48.0 Å². The number of fused-ring (bicyclic) bond motifs is 1. The molecule has 3 N–H and O–H groups in total. The fourth-order valence-electron chi connectivity index (χ4n) is 4.47. The van der Waals surface area contributed by atoms with E-state index in [4.69, 9.17) is 11.6 Å². The van der Waals surface area contributed by atoms with Gasteiger partial charge in [0, 0.05) is 48.1 Å². The van der Waals surface area contributed by atoms with Crippen LogP contribution in [0.15, 0.2) is 72.8 Å². The Morgan fingerprint density at radius 2 is 1.58 bits per heavy atom. The Morgan fingerprint density at radius 1 is 0.917 bits per heavy atom. The zero-order valence-electron chi connectivity index (χ0n) is 20.1. The largest absolute Gasteiger partial charge is 0.354 e. The van der Waals surface area contributed by atoms with Gasteiger partial charge in [0.1, 0.15) is 0 Å². The number of rotatable bonds is 6. The first-order chi connectivity index (χ1) is 17.5. The minimum atomic E-state index is -0.189. The molecule has 2 amide bonds. The van der Waals surface area contributed by atoms with Crippen molar-refractivity contribution in [3.8, 4) is 0 Å². The van der Waals surface area contributed by atoms with Crippen LogP contribution < -0.4 is 16.0 Å². The molecule has 0 aromatic heterocycles. The number of likely N-dealkylation sites (N-methyl/N-ethyl adjacent to an activating group) is 1. The Hall–Kier alpha value is -3.65. The summed E-state index contributed by atoms with van der Waals surface area (Å²) in [6.07, 6.45) is 0. The Balaban J connectivity index is 1.35. The molecule has 0 aliphatic carbocycles. The first kappa shape index (κ1) is 24.1. The first-order valence-electron chi connectivity index (χ1n) is 11.9. The molecular formula is C28H28ClN5O2. The molecule has 0 radical (unpaired) electrons. The molecule has 0 spiro atoms. The standard InChI is InChI=1S/C28H28ClN5O2/c1-33-13-15-34(16-14-33)18-25(35)30-21-8-10-22(11-9-21)31-27(19-5-3-2-4-6-19)26-23-12-7-20(29)17-24(23)32-28(26)36/h2-12,17,31H,13-16,18H2,1H3,(H,30,35)(H,32,36). The summed E-state index contributed by atoms with van der Waals surface area (Å²) in [4.78, 5) is 29.9. The number of nitrogens with one attached hydrogen (secondary N) is 3. The van der Waals surface area contributed by atoms with Crippen LogP contribution in [0.2, 0.25) is 5.02 Å². The van der Waals surface area contributed by atoms with Crippen LogP contribution in [0.3, 0.4) is 0 Å². The number of anilines is 3. The topological polar surface area (TPSA) is 76.7 Å². The van der Waals surface area contributed by atoms with E-state index in [0.717, 1.165) is 48.7 Å². The normalized spacial score (nSPS) is 17.3. The minimum Gasteiger partial charge on any atom is -0.354 e. The van der Waals surface area contributed by atoms with Crippen molar-refractivity contribution in [1.82, 2.24) is 9.80 Å². The molecule has 2 aliphatic rings. The lowest BCUT2D eigenvalue weighted by Gasteiger charge is -2.31. The number of piperazine rings is 1. The van der Waals surface area contributed by atoms with E-state index in [-0.39, 0.29) is 11.8 Å². The van der Waals surface area contributed by atoms with E-state index >= 15 is 0 Å². The summed E-state index contributed by atoms with van der Waals surface area (Å²) in [6.45, 7) is 4.13. The number of hydrogen-bond donors (Lipinski definition) is 3. The highest BCUT2D eigenvalue weighted by atomic mass is 35.5. The van der Waals surface area contributed by atoms with Gasteiger partial charge in [-0.3, -0.25) is 14.5 Å². The van der Waals surface area contributed by atoms with E-state index in [2.05, 4.69) is 32.8 Å². The van der Waals surface area contributed by atoms with E-state index in [1.54, 1.807) is 12.1 Å². The number of halogens is 1. The maximum Gasteiger partial charge on any atom is 0.258 e. The lowest BCUT2D eigenvalue weighted by atomic mass is 10.00. The number of benzene rings is 3. The third-order valence-corrected chi connectivity index (χ3v) is 6.67. The maximum atomic E-state index is 13.0. The Bertz CT molecular complexity index is 1300. The SMILES string of the molecule is CN1CCN(CC(=O)Nc2ccc(NC(=C3C(=O)Nc4cc(Cl)ccc43)c3ccccc3)cc2)CC1. The van der Waals surface area contributed by atoms with Gasteiger partial charge in [0.15, 0.2) is 0 Å². The molecule has 2 heterocycles. The van der Waals surface area contributed by atoms with Crippen molar-refractivity contribution in [2.75, 3.05) is 55.7 Å². The van der Waals surface area contributed by atoms with E-state index in [9.17, 15) is 9.59 Å². The molecule has 3 aromatic carbocycles. The average molecular weight is 502 g/mol. The molecule has 5 rings (SSSR count). The van der Waals surface area contributed by atoms with E-state index in [1.165, 1.54) is 0 Å². The molecular weight excluding hydrogens is 474 g/mol. The van der Waals surface area contributed by atoms with Gasteiger partial charge in [-0.2, -0.15) is 0 Å². The second kappa shape index (κ2) is 10.5. The number of carbonyl (C=O) groups excluding carboxylic acids is 2. The fourth-order valence-corrected chi connectivity index (χ4v) is 4.64. The highest BCUT2D eigenvalue weighted by Gasteiger charge is 2.28. The second-order valence-corrected chi connectivity index (χ2v) is 9.53. The van der Waals surface area contributed by atoms with E-state index in [0.29, 0.717) is 28.5 Å². The third-order valence-electron chi connectivity index (χ3n) is 6.44. The van der Waals surface area contributed by atoms with E-state index in [1.807, 2.05) is 60.7 Å². The zero-order valence-corrected chi connectivity index (χ0v) is 20.8. The summed E-state index contributed by atoms with van der Waals surface area (Å²) in [5.74, 6) is -0.211. The highest BCUT2D eigenvalue weighted by molar-refractivity contribution is 6.38. The molecule has 8 heteroatoms. The van der Waals surface area contributed by atoms with Crippen molar-refractivity contribution >= 4 is 51.7 Å². The van der Waals surface area contributed by atoms with Crippen molar-refractivity contribution in [2.24, 2.45) is 0 Å². The van der Waals surface area contributed by atoms with E-state index < -0.39 is 0 Å². The van der Waals surface area contributed by atoms with Crippen LogP contribution in [0.4, 0.5) is 17.1 Å². The molecule has 3 aromatic rings. The van der Waals surface area contributed by atoms with Crippen LogP contribution in [-0.4, -0.2) is 61.4 Å². The number of hydrogen-bond acceptors (Lipinski definition) is 5. The van der Waals surface area contributed by atoms with Crippen molar-refractivity contribution < 1.29 is 9.59 Å². The van der Waals surface area contributed by atoms with Crippen LogP contribution >= 0.6 is 11.6 Å².